The lowest BCUT2D eigenvalue weighted by Crippen LogP contribution is -2.34. The monoisotopic (exact) mass is 385 g/mol. The van der Waals surface area contributed by atoms with E-state index in [2.05, 4.69) is 45.5 Å². The zero-order chi connectivity index (χ0) is 20.1. The van der Waals surface area contributed by atoms with Gasteiger partial charge < -0.3 is 10.2 Å². The molecule has 1 fully saturated rings. The van der Waals surface area contributed by atoms with E-state index in [-0.39, 0.29) is 5.91 Å². The van der Waals surface area contributed by atoms with Crippen molar-refractivity contribution >= 4 is 17.4 Å². The van der Waals surface area contributed by atoms with Crippen LogP contribution in [0.25, 0.3) is 0 Å². The molecular weight excluding hydrogens is 358 g/mol. The predicted molar refractivity (Wildman–Crippen MR) is 118 cm³/mol. The number of benzene rings is 2. The van der Waals surface area contributed by atoms with Crippen molar-refractivity contribution in [2.75, 3.05) is 23.3 Å². The van der Waals surface area contributed by atoms with Crippen molar-refractivity contribution in [1.29, 1.82) is 0 Å². The van der Waals surface area contributed by atoms with Gasteiger partial charge >= 0.3 is 0 Å². The van der Waals surface area contributed by atoms with Crippen LogP contribution in [-0.2, 0) is 6.42 Å². The predicted octanol–water partition coefficient (Wildman–Crippen LogP) is 5.10. The molecule has 0 saturated carbocycles. The molecule has 0 radical (unpaired) electrons. The molecule has 0 aliphatic carbocycles. The van der Waals surface area contributed by atoms with Gasteiger partial charge in [0.2, 0.25) is 0 Å². The van der Waals surface area contributed by atoms with Crippen LogP contribution in [0.15, 0.2) is 72.9 Å². The van der Waals surface area contributed by atoms with Crippen LogP contribution >= 0.6 is 0 Å². The molecule has 1 saturated heterocycles. The minimum atomic E-state index is -0.0978. The number of carbonyl (C=O) groups excluding carboxylic acids is 1. The topological polar surface area (TPSA) is 45.2 Å². The molecule has 0 unspecified atom stereocenters. The Hall–Kier alpha value is -3.14. The second-order valence-electron chi connectivity index (χ2n) is 7.79. The van der Waals surface area contributed by atoms with Gasteiger partial charge in [-0.2, -0.15) is 0 Å². The molecule has 1 aromatic heterocycles. The molecule has 1 aliphatic heterocycles. The van der Waals surface area contributed by atoms with Gasteiger partial charge in [-0.3, -0.25) is 4.79 Å². The summed E-state index contributed by atoms with van der Waals surface area (Å²) in [5.41, 5.74) is 3.81. The van der Waals surface area contributed by atoms with Gasteiger partial charge in [-0.25, -0.2) is 4.98 Å². The summed E-state index contributed by atoms with van der Waals surface area (Å²) in [6.07, 6.45) is 5.28. The first kappa shape index (κ1) is 19.2. The molecule has 2 heterocycles. The Balaban J connectivity index is 1.32. The fourth-order valence-electron chi connectivity index (χ4n) is 3.99. The molecule has 1 aliphatic rings. The van der Waals surface area contributed by atoms with E-state index >= 15 is 0 Å². The number of nitrogens with zero attached hydrogens (tertiary/aromatic N) is 2. The van der Waals surface area contributed by atoms with Gasteiger partial charge in [0.05, 0.1) is 11.9 Å². The lowest BCUT2D eigenvalue weighted by Gasteiger charge is -2.33. The summed E-state index contributed by atoms with van der Waals surface area (Å²) >= 11 is 0. The Bertz CT molecular complexity index is 945. The Kier molecular flexibility index (Phi) is 5.89. The summed E-state index contributed by atoms with van der Waals surface area (Å²) in [7, 11) is 0. The zero-order valence-electron chi connectivity index (χ0n) is 16.8. The van der Waals surface area contributed by atoms with Crippen molar-refractivity contribution in [3.8, 4) is 0 Å². The number of hydrogen-bond acceptors (Lipinski definition) is 3. The van der Waals surface area contributed by atoms with E-state index in [1.165, 1.54) is 18.4 Å². The van der Waals surface area contributed by atoms with Crippen LogP contribution in [0, 0.1) is 12.8 Å². The number of carbonyl (C=O) groups is 1. The third kappa shape index (κ3) is 4.83. The number of rotatable bonds is 5. The standard InChI is InChI=1S/C25H27N3O/c1-19-7-5-6-10-23(19)25(29)27-22-11-12-24(26-18-22)28-15-13-21(14-16-28)17-20-8-3-2-4-9-20/h2-12,18,21H,13-17H2,1H3,(H,27,29). The Labute approximate surface area is 172 Å². The molecule has 0 bridgehead atoms. The van der Waals surface area contributed by atoms with Gasteiger partial charge in [-0.05, 0) is 61.4 Å². The van der Waals surface area contributed by atoms with Crippen molar-refractivity contribution in [3.05, 3.63) is 89.6 Å². The SMILES string of the molecule is Cc1ccccc1C(=O)Nc1ccc(N2CCC(Cc3ccccc3)CC2)nc1. The third-order valence-corrected chi connectivity index (χ3v) is 5.70. The molecule has 3 aromatic rings. The maximum Gasteiger partial charge on any atom is 0.255 e. The normalized spacial score (nSPS) is 14.6. The lowest BCUT2D eigenvalue weighted by atomic mass is 9.90. The number of anilines is 2. The number of aryl methyl sites for hydroxylation is 1. The molecule has 1 N–H and O–H groups in total. The molecule has 2 aromatic carbocycles. The fraction of sp³-hybridized carbons (Fsp3) is 0.280. The van der Waals surface area contributed by atoms with E-state index < -0.39 is 0 Å². The summed E-state index contributed by atoms with van der Waals surface area (Å²) in [4.78, 5) is 19.4. The third-order valence-electron chi connectivity index (χ3n) is 5.70. The van der Waals surface area contributed by atoms with E-state index in [0.29, 0.717) is 5.56 Å². The van der Waals surface area contributed by atoms with Crippen LogP contribution in [0.2, 0.25) is 0 Å². The average Bonchev–Trinajstić information content (AvgIpc) is 2.76. The van der Waals surface area contributed by atoms with Gasteiger partial charge in [0.15, 0.2) is 0 Å². The van der Waals surface area contributed by atoms with Crippen LogP contribution in [0.3, 0.4) is 0 Å². The van der Waals surface area contributed by atoms with E-state index in [9.17, 15) is 4.79 Å². The lowest BCUT2D eigenvalue weighted by molar-refractivity contribution is 0.102. The molecule has 148 valence electrons. The number of aromatic nitrogens is 1. The van der Waals surface area contributed by atoms with Crippen molar-refractivity contribution < 1.29 is 4.79 Å². The highest BCUT2D eigenvalue weighted by molar-refractivity contribution is 6.05. The summed E-state index contributed by atoms with van der Waals surface area (Å²) < 4.78 is 0. The van der Waals surface area contributed by atoms with Crippen molar-refractivity contribution in [1.82, 2.24) is 4.98 Å². The van der Waals surface area contributed by atoms with Crippen molar-refractivity contribution in [2.24, 2.45) is 5.92 Å². The van der Waals surface area contributed by atoms with Crippen LogP contribution in [0.5, 0.6) is 0 Å². The van der Waals surface area contributed by atoms with E-state index in [4.69, 9.17) is 0 Å². The molecule has 0 spiro atoms. The minimum absolute atomic E-state index is 0.0978. The van der Waals surface area contributed by atoms with E-state index in [1.54, 1.807) is 6.20 Å². The number of hydrogen-bond donors (Lipinski definition) is 1. The quantitative estimate of drug-likeness (QED) is 0.664. The fourth-order valence-corrected chi connectivity index (χ4v) is 3.99. The van der Waals surface area contributed by atoms with Gasteiger partial charge in [-0.1, -0.05) is 48.5 Å². The average molecular weight is 386 g/mol. The zero-order valence-corrected chi connectivity index (χ0v) is 16.8. The Morgan fingerprint density at radius 3 is 2.41 bits per heavy atom. The molecule has 4 heteroatoms. The van der Waals surface area contributed by atoms with Crippen LogP contribution < -0.4 is 10.2 Å². The number of amides is 1. The van der Waals surface area contributed by atoms with Gasteiger partial charge in [-0.15, -0.1) is 0 Å². The minimum Gasteiger partial charge on any atom is -0.357 e. The highest BCUT2D eigenvalue weighted by Crippen LogP contribution is 2.25. The Morgan fingerprint density at radius 1 is 1.00 bits per heavy atom. The Morgan fingerprint density at radius 2 is 1.72 bits per heavy atom. The van der Waals surface area contributed by atoms with Crippen molar-refractivity contribution in [3.63, 3.8) is 0 Å². The summed E-state index contributed by atoms with van der Waals surface area (Å²) in [6, 6.07) is 22.3. The van der Waals surface area contributed by atoms with Crippen LogP contribution in [-0.4, -0.2) is 24.0 Å². The van der Waals surface area contributed by atoms with Crippen molar-refractivity contribution in [2.45, 2.75) is 26.2 Å². The first-order chi connectivity index (χ1) is 14.2. The molecule has 4 rings (SSSR count). The molecule has 1 amide bonds. The first-order valence-corrected chi connectivity index (χ1v) is 10.3. The van der Waals surface area contributed by atoms with Crippen LogP contribution in [0.1, 0.15) is 34.3 Å². The molecule has 4 nitrogen and oxygen atoms in total. The van der Waals surface area contributed by atoms with Gasteiger partial charge in [0, 0.05) is 18.7 Å². The molecular formula is C25H27N3O. The number of pyridine rings is 1. The number of piperidine rings is 1. The highest BCUT2D eigenvalue weighted by Gasteiger charge is 2.20. The maximum atomic E-state index is 12.5. The number of nitrogens with one attached hydrogen (secondary N) is 1. The molecule has 0 atom stereocenters. The van der Waals surface area contributed by atoms with Gasteiger partial charge in [0.25, 0.3) is 5.91 Å². The summed E-state index contributed by atoms with van der Waals surface area (Å²) in [5.74, 6) is 1.62. The van der Waals surface area contributed by atoms with Crippen LogP contribution in [0.4, 0.5) is 11.5 Å². The summed E-state index contributed by atoms with van der Waals surface area (Å²) in [5, 5.41) is 2.94. The van der Waals surface area contributed by atoms with Gasteiger partial charge in [0.1, 0.15) is 5.82 Å². The van der Waals surface area contributed by atoms with E-state index in [1.807, 2.05) is 43.3 Å². The first-order valence-electron chi connectivity index (χ1n) is 10.3. The second-order valence-corrected chi connectivity index (χ2v) is 7.79. The second kappa shape index (κ2) is 8.91. The molecule has 29 heavy (non-hydrogen) atoms. The van der Waals surface area contributed by atoms with E-state index in [0.717, 1.165) is 42.5 Å². The summed E-state index contributed by atoms with van der Waals surface area (Å²) in [6.45, 7) is 4.00. The maximum absolute atomic E-state index is 12.5. The largest absolute Gasteiger partial charge is 0.357 e. The highest BCUT2D eigenvalue weighted by atomic mass is 16.1. The smallest absolute Gasteiger partial charge is 0.255 e.